The number of nitrogens with zero attached hydrogens (tertiary/aromatic N) is 2. The quantitative estimate of drug-likeness (QED) is 0.564. The molecule has 0 aromatic rings. The lowest BCUT2D eigenvalue weighted by Crippen LogP contribution is -2.63. The molecular formula is C14H21N3O4. The van der Waals surface area contributed by atoms with Gasteiger partial charge in [0.25, 0.3) is 0 Å². The third-order valence-electron chi connectivity index (χ3n) is 4.90. The molecule has 2 fully saturated rings. The molecule has 3 heterocycles. The summed E-state index contributed by atoms with van der Waals surface area (Å²) in [7, 11) is 0. The van der Waals surface area contributed by atoms with E-state index < -0.39 is 18.0 Å². The molecule has 116 valence electrons. The number of β-lactam (4-membered cyclic amide) rings is 1. The Kier molecular flexibility index (Phi) is 3.31. The highest BCUT2D eigenvalue weighted by molar-refractivity contribution is 6.00. The number of aliphatic carboxylic acids is 1. The second-order valence-corrected chi connectivity index (χ2v) is 6.39. The molecule has 3 rings (SSSR count). The Morgan fingerprint density at radius 2 is 2.10 bits per heavy atom. The van der Waals surface area contributed by atoms with Crippen LogP contribution in [0, 0.1) is 11.8 Å². The van der Waals surface area contributed by atoms with Crippen molar-refractivity contribution >= 4 is 11.9 Å². The lowest BCUT2D eigenvalue weighted by molar-refractivity contribution is -0.163. The van der Waals surface area contributed by atoms with E-state index in [1.165, 1.54) is 4.90 Å². The molecule has 4 N–H and O–H groups in total. The summed E-state index contributed by atoms with van der Waals surface area (Å²) in [6.45, 7) is 5.55. The molecule has 0 aromatic heterocycles. The molecule has 0 saturated carbocycles. The fourth-order valence-electron chi connectivity index (χ4n) is 3.83. The first-order chi connectivity index (χ1) is 9.82. The van der Waals surface area contributed by atoms with Crippen LogP contribution in [-0.4, -0.2) is 69.7 Å². The van der Waals surface area contributed by atoms with Crippen molar-refractivity contribution in [2.75, 3.05) is 19.6 Å². The summed E-state index contributed by atoms with van der Waals surface area (Å²) >= 11 is 0. The number of hydrogen-bond donors (Lipinski definition) is 3. The second-order valence-electron chi connectivity index (χ2n) is 6.39. The summed E-state index contributed by atoms with van der Waals surface area (Å²) in [4.78, 5) is 27.2. The molecule has 0 aromatic carbocycles. The van der Waals surface area contributed by atoms with E-state index in [1.54, 1.807) is 6.92 Å². The van der Waals surface area contributed by atoms with Gasteiger partial charge in [-0.2, -0.15) is 0 Å². The number of nitrogens with two attached hydrogens (primary N) is 1. The Bertz CT molecular complexity index is 524. The minimum absolute atomic E-state index is 0.0507. The third-order valence-corrected chi connectivity index (χ3v) is 4.90. The number of carbonyl (C=O) groups is 2. The molecule has 0 radical (unpaired) electrons. The summed E-state index contributed by atoms with van der Waals surface area (Å²) < 4.78 is 0. The highest BCUT2D eigenvalue weighted by Gasteiger charge is 2.59. The highest BCUT2D eigenvalue weighted by Crippen LogP contribution is 2.47. The summed E-state index contributed by atoms with van der Waals surface area (Å²) in [5.74, 6) is -1.90. The highest BCUT2D eigenvalue weighted by atomic mass is 16.4. The molecule has 7 heteroatoms. The Hall–Kier alpha value is -1.44. The number of carboxylic acids is 1. The van der Waals surface area contributed by atoms with Crippen molar-refractivity contribution in [3.63, 3.8) is 0 Å². The predicted molar refractivity (Wildman–Crippen MR) is 74.0 cm³/mol. The molecule has 3 aliphatic heterocycles. The van der Waals surface area contributed by atoms with Gasteiger partial charge in [-0.15, -0.1) is 0 Å². The Morgan fingerprint density at radius 3 is 2.57 bits per heavy atom. The average Bonchev–Trinajstić information content (AvgIpc) is 2.58. The normalized spacial score (nSPS) is 34.6. The van der Waals surface area contributed by atoms with Crippen LogP contribution in [0.5, 0.6) is 0 Å². The van der Waals surface area contributed by atoms with Crippen LogP contribution in [0.4, 0.5) is 0 Å². The van der Waals surface area contributed by atoms with Crippen molar-refractivity contribution in [2.24, 2.45) is 17.6 Å². The summed E-state index contributed by atoms with van der Waals surface area (Å²) in [6.07, 6.45) is -0.756. The summed E-state index contributed by atoms with van der Waals surface area (Å²) in [6, 6.07) is -0.0759. The first-order valence-corrected chi connectivity index (χ1v) is 7.28. The largest absolute Gasteiger partial charge is 0.477 e. The van der Waals surface area contributed by atoms with Crippen LogP contribution in [-0.2, 0) is 9.59 Å². The standard InChI is InChI=1S/C14H21N3O4/c1-6-9(5-16-3-8(15)4-16)12(14(20)21)17-11(6)10(7(2)18)13(17)19/h6-8,10-11,18H,3-5,15H2,1-2H3,(H,20,21)/t6-,7+,10+,11+/m0/s1. The van der Waals surface area contributed by atoms with Gasteiger partial charge in [-0.3, -0.25) is 9.69 Å². The second kappa shape index (κ2) is 4.79. The van der Waals surface area contributed by atoms with Crippen molar-refractivity contribution < 1.29 is 19.8 Å². The summed E-state index contributed by atoms with van der Waals surface area (Å²) in [5, 5.41) is 19.2. The van der Waals surface area contributed by atoms with Gasteiger partial charge in [-0.25, -0.2) is 4.79 Å². The SMILES string of the molecule is C[C@@H](O)[C@H]1C(=O)N2C(C(=O)O)=C(CN3CC(N)C3)[C@H](C)[C@H]12. The number of hydrogen-bond acceptors (Lipinski definition) is 5. The van der Waals surface area contributed by atoms with Crippen LogP contribution in [0.1, 0.15) is 13.8 Å². The predicted octanol–water partition coefficient (Wildman–Crippen LogP) is -1.17. The van der Waals surface area contributed by atoms with Crippen LogP contribution in [0.3, 0.4) is 0 Å². The van der Waals surface area contributed by atoms with Gasteiger partial charge < -0.3 is 20.8 Å². The topological polar surface area (TPSA) is 107 Å². The van der Waals surface area contributed by atoms with Gasteiger partial charge in [0.1, 0.15) is 5.70 Å². The third kappa shape index (κ3) is 1.99. The Balaban J connectivity index is 1.86. The van der Waals surface area contributed by atoms with Crippen LogP contribution in [0.25, 0.3) is 0 Å². The van der Waals surface area contributed by atoms with Gasteiger partial charge in [0.05, 0.1) is 18.1 Å². The van der Waals surface area contributed by atoms with Crippen LogP contribution < -0.4 is 5.73 Å². The van der Waals surface area contributed by atoms with E-state index in [0.717, 1.165) is 18.7 Å². The monoisotopic (exact) mass is 295 g/mol. The number of likely N-dealkylation sites (tertiary alicyclic amines) is 1. The molecule has 21 heavy (non-hydrogen) atoms. The zero-order chi connectivity index (χ0) is 15.5. The van der Waals surface area contributed by atoms with Gasteiger partial charge >= 0.3 is 5.97 Å². The number of aliphatic hydroxyl groups is 1. The van der Waals surface area contributed by atoms with Crippen molar-refractivity contribution in [3.05, 3.63) is 11.3 Å². The van der Waals surface area contributed by atoms with Crippen molar-refractivity contribution in [1.82, 2.24) is 9.80 Å². The lowest BCUT2D eigenvalue weighted by atomic mass is 9.77. The van der Waals surface area contributed by atoms with Gasteiger partial charge in [-0.1, -0.05) is 6.92 Å². The zero-order valence-electron chi connectivity index (χ0n) is 12.2. The van der Waals surface area contributed by atoms with Gasteiger partial charge in [-0.05, 0) is 12.5 Å². The minimum Gasteiger partial charge on any atom is -0.477 e. The molecule has 0 spiro atoms. The maximum atomic E-state index is 12.1. The van der Waals surface area contributed by atoms with Crippen LogP contribution in [0.2, 0.25) is 0 Å². The molecule has 0 bridgehead atoms. The van der Waals surface area contributed by atoms with Gasteiger partial charge in [0.2, 0.25) is 5.91 Å². The number of carbonyl (C=O) groups excluding carboxylic acids is 1. The average molecular weight is 295 g/mol. The number of aliphatic hydroxyl groups excluding tert-OH is 1. The molecular weight excluding hydrogens is 274 g/mol. The van der Waals surface area contributed by atoms with Crippen molar-refractivity contribution in [2.45, 2.75) is 32.0 Å². The Morgan fingerprint density at radius 1 is 1.48 bits per heavy atom. The van der Waals surface area contributed by atoms with E-state index in [4.69, 9.17) is 5.73 Å². The smallest absolute Gasteiger partial charge is 0.352 e. The molecule has 2 saturated heterocycles. The molecule has 0 unspecified atom stereocenters. The van der Waals surface area contributed by atoms with Crippen LogP contribution >= 0.6 is 0 Å². The van der Waals surface area contributed by atoms with Gasteiger partial charge in [0, 0.05) is 31.6 Å². The molecule has 1 amide bonds. The van der Waals surface area contributed by atoms with E-state index in [0.29, 0.717) is 6.54 Å². The minimum atomic E-state index is -1.07. The van der Waals surface area contributed by atoms with Crippen LogP contribution in [0.15, 0.2) is 11.3 Å². The molecule has 0 aliphatic carbocycles. The fourth-order valence-corrected chi connectivity index (χ4v) is 3.83. The number of fused-ring (bicyclic) bond motifs is 1. The first kappa shape index (κ1) is 14.5. The van der Waals surface area contributed by atoms with E-state index >= 15 is 0 Å². The number of amides is 1. The van der Waals surface area contributed by atoms with E-state index in [2.05, 4.69) is 4.90 Å². The van der Waals surface area contributed by atoms with E-state index in [9.17, 15) is 19.8 Å². The first-order valence-electron chi connectivity index (χ1n) is 7.28. The number of rotatable bonds is 4. The van der Waals surface area contributed by atoms with E-state index in [1.807, 2.05) is 6.92 Å². The molecule has 4 atom stereocenters. The molecule has 7 nitrogen and oxygen atoms in total. The maximum Gasteiger partial charge on any atom is 0.352 e. The zero-order valence-corrected chi connectivity index (χ0v) is 12.2. The lowest BCUT2D eigenvalue weighted by Gasteiger charge is -2.46. The fraction of sp³-hybridized carbons (Fsp3) is 0.714. The van der Waals surface area contributed by atoms with Gasteiger partial charge in [0.15, 0.2) is 0 Å². The Labute approximate surface area is 123 Å². The van der Waals surface area contributed by atoms with Crippen molar-refractivity contribution in [3.8, 4) is 0 Å². The van der Waals surface area contributed by atoms with Crippen molar-refractivity contribution in [1.29, 1.82) is 0 Å². The number of carboxylic acid groups (broad SMARTS) is 1. The van der Waals surface area contributed by atoms with E-state index in [-0.39, 0.29) is 29.6 Å². The molecule has 3 aliphatic rings. The maximum absolute atomic E-state index is 12.1. The summed E-state index contributed by atoms with van der Waals surface area (Å²) in [5.41, 5.74) is 6.63.